The Hall–Kier alpha value is -3.71. The van der Waals surface area contributed by atoms with Crippen LogP contribution in [0.2, 0.25) is 0 Å². The van der Waals surface area contributed by atoms with Gasteiger partial charge in [-0.3, -0.25) is 14.9 Å². The molecule has 6 nitrogen and oxygen atoms in total. The number of carbonyl (C=O) groups is 2. The Bertz CT molecular complexity index is 1210. The fourth-order valence-corrected chi connectivity index (χ4v) is 3.54. The Morgan fingerprint density at radius 3 is 2.00 bits per heavy atom. The number of ether oxygens (including phenoxy) is 1. The van der Waals surface area contributed by atoms with Gasteiger partial charge in [0.25, 0.3) is 11.8 Å². The van der Waals surface area contributed by atoms with Crippen molar-refractivity contribution >= 4 is 40.5 Å². The highest BCUT2D eigenvalue weighted by atomic mass is 32.1. The van der Waals surface area contributed by atoms with Crippen LogP contribution >= 0.6 is 12.2 Å². The molecule has 0 aliphatic carbocycles. The second-order valence-electron chi connectivity index (χ2n) is 9.97. The number of rotatable bonds is 7. The Balaban J connectivity index is 1.56. The maximum absolute atomic E-state index is 12.7. The lowest BCUT2D eigenvalue weighted by Gasteiger charge is -2.19. The largest absolute Gasteiger partial charge is 0.492 e. The van der Waals surface area contributed by atoms with Crippen LogP contribution in [-0.2, 0) is 5.41 Å². The van der Waals surface area contributed by atoms with Crippen LogP contribution in [0.15, 0.2) is 72.8 Å². The lowest BCUT2D eigenvalue weighted by molar-refractivity contribution is 0.0971. The molecule has 0 aliphatic rings. The molecule has 3 aromatic rings. The maximum atomic E-state index is 12.7. The fraction of sp³-hybridized carbons (Fsp3) is 0.276. The van der Waals surface area contributed by atoms with Crippen molar-refractivity contribution in [2.75, 3.05) is 17.2 Å². The molecule has 0 atom stereocenters. The number of hydrogen-bond acceptors (Lipinski definition) is 4. The first-order valence-corrected chi connectivity index (χ1v) is 12.3. The van der Waals surface area contributed by atoms with Crippen LogP contribution in [-0.4, -0.2) is 23.5 Å². The third kappa shape index (κ3) is 7.65. The molecule has 3 N–H and O–H groups in total. The van der Waals surface area contributed by atoms with Gasteiger partial charge in [0.05, 0.1) is 12.2 Å². The standard InChI is InChI=1S/C29H33N3O3S/c1-19(2)18-35-25-9-7-6-8-24(25)27(34)32-28(36)31-23-16-14-22(15-17-23)30-26(33)20-10-12-21(13-11-20)29(3,4)5/h6-17,19H,18H2,1-5H3,(H,30,33)(H2,31,32,34,36). The number of benzene rings is 3. The van der Waals surface area contributed by atoms with Gasteiger partial charge < -0.3 is 15.4 Å². The molecule has 0 spiro atoms. The third-order valence-corrected chi connectivity index (χ3v) is 5.55. The second kappa shape index (κ2) is 11.8. The molecule has 0 heterocycles. The number of hydrogen-bond donors (Lipinski definition) is 3. The van der Waals surface area contributed by atoms with Crippen LogP contribution < -0.4 is 20.7 Å². The van der Waals surface area contributed by atoms with E-state index in [1.165, 1.54) is 5.56 Å². The molecule has 0 aliphatic heterocycles. The zero-order valence-corrected chi connectivity index (χ0v) is 22.2. The monoisotopic (exact) mass is 503 g/mol. The molecule has 0 radical (unpaired) electrons. The van der Waals surface area contributed by atoms with Crippen molar-refractivity contribution in [1.29, 1.82) is 0 Å². The summed E-state index contributed by atoms with van der Waals surface area (Å²) in [5, 5.41) is 8.73. The van der Waals surface area contributed by atoms with E-state index in [2.05, 4.69) is 36.7 Å². The molecule has 2 amide bonds. The van der Waals surface area contributed by atoms with E-state index in [0.29, 0.717) is 40.8 Å². The van der Waals surface area contributed by atoms with Crippen molar-refractivity contribution in [1.82, 2.24) is 5.32 Å². The highest BCUT2D eigenvalue weighted by Crippen LogP contribution is 2.23. The summed E-state index contributed by atoms with van der Waals surface area (Å²) in [4.78, 5) is 25.3. The minimum atomic E-state index is -0.354. The van der Waals surface area contributed by atoms with Crippen molar-refractivity contribution in [3.8, 4) is 5.75 Å². The first-order chi connectivity index (χ1) is 17.0. The van der Waals surface area contributed by atoms with Gasteiger partial charge in [-0.25, -0.2) is 0 Å². The smallest absolute Gasteiger partial charge is 0.261 e. The third-order valence-electron chi connectivity index (χ3n) is 5.34. The molecule has 3 aromatic carbocycles. The van der Waals surface area contributed by atoms with Crippen molar-refractivity contribution in [2.45, 2.75) is 40.0 Å². The lowest BCUT2D eigenvalue weighted by Crippen LogP contribution is -2.34. The first-order valence-electron chi connectivity index (χ1n) is 11.9. The Labute approximate surface area is 218 Å². The minimum Gasteiger partial charge on any atom is -0.492 e. The SMILES string of the molecule is CC(C)COc1ccccc1C(=O)NC(=S)Nc1ccc(NC(=O)c2ccc(C(C)(C)C)cc2)cc1. The molecular weight excluding hydrogens is 470 g/mol. The zero-order valence-electron chi connectivity index (χ0n) is 21.3. The van der Waals surface area contributed by atoms with Crippen LogP contribution in [0.3, 0.4) is 0 Å². The summed E-state index contributed by atoms with van der Waals surface area (Å²) in [7, 11) is 0. The van der Waals surface area contributed by atoms with Gasteiger partial charge in [0, 0.05) is 16.9 Å². The number of amides is 2. The summed E-state index contributed by atoms with van der Waals surface area (Å²) in [5.74, 6) is 0.316. The van der Waals surface area contributed by atoms with Crippen molar-refractivity contribution < 1.29 is 14.3 Å². The van der Waals surface area contributed by atoms with E-state index in [0.717, 1.165) is 0 Å². The van der Waals surface area contributed by atoms with Gasteiger partial charge in [0.1, 0.15) is 5.75 Å². The molecule has 0 saturated heterocycles. The van der Waals surface area contributed by atoms with Gasteiger partial charge in [-0.05, 0) is 77.6 Å². The van der Waals surface area contributed by atoms with E-state index in [4.69, 9.17) is 17.0 Å². The van der Waals surface area contributed by atoms with Gasteiger partial charge in [-0.2, -0.15) is 0 Å². The highest BCUT2D eigenvalue weighted by molar-refractivity contribution is 7.80. The number of anilines is 2. The van der Waals surface area contributed by atoms with E-state index >= 15 is 0 Å². The Kier molecular flexibility index (Phi) is 8.83. The lowest BCUT2D eigenvalue weighted by atomic mass is 9.87. The van der Waals surface area contributed by atoms with E-state index < -0.39 is 0 Å². The normalized spacial score (nSPS) is 11.1. The van der Waals surface area contributed by atoms with Crippen LogP contribution in [0.5, 0.6) is 5.75 Å². The van der Waals surface area contributed by atoms with Crippen molar-refractivity contribution in [3.05, 3.63) is 89.5 Å². The number of nitrogens with one attached hydrogen (secondary N) is 3. The highest BCUT2D eigenvalue weighted by Gasteiger charge is 2.15. The van der Waals surface area contributed by atoms with Gasteiger partial charge >= 0.3 is 0 Å². The van der Waals surface area contributed by atoms with Crippen LogP contribution in [0.25, 0.3) is 0 Å². The molecule has 0 fully saturated rings. The number of thiocarbonyl (C=S) groups is 1. The van der Waals surface area contributed by atoms with E-state index in [1.807, 2.05) is 44.2 Å². The van der Waals surface area contributed by atoms with Gasteiger partial charge in [0.2, 0.25) is 0 Å². The average Bonchev–Trinajstić information content (AvgIpc) is 2.83. The minimum absolute atomic E-state index is 0.0306. The molecule has 0 bridgehead atoms. The molecule has 7 heteroatoms. The Morgan fingerprint density at radius 2 is 1.42 bits per heavy atom. The Morgan fingerprint density at radius 1 is 0.833 bits per heavy atom. The van der Waals surface area contributed by atoms with E-state index in [-0.39, 0.29) is 22.3 Å². The first kappa shape index (κ1) is 26.9. The predicted molar refractivity (Wildman–Crippen MR) is 150 cm³/mol. The van der Waals surface area contributed by atoms with Gasteiger partial charge in [0.15, 0.2) is 5.11 Å². The molecule has 188 valence electrons. The molecule has 0 saturated carbocycles. The predicted octanol–water partition coefficient (Wildman–Crippen LogP) is 6.40. The summed E-state index contributed by atoms with van der Waals surface area (Å²) in [6.07, 6.45) is 0. The van der Waals surface area contributed by atoms with E-state index in [9.17, 15) is 9.59 Å². The molecule has 36 heavy (non-hydrogen) atoms. The van der Waals surface area contributed by atoms with Crippen LogP contribution in [0.1, 0.15) is 60.9 Å². The summed E-state index contributed by atoms with van der Waals surface area (Å²) in [6, 6.07) is 21.8. The van der Waals surface area contributed by atoms with Gasteiger partial charge in [-0.1, -0.05) is 58.9 Å². The quantitative estimate of drug-likeness (QED) is 0.325. The second-order valence-corrected chi connectivity index (χ2v) is 10.4. The number of carbonyl (C=O) groups excluding carboxylic acids is 2. The summed E-state index contributed by atoms with van der Waals surface area (Å²) in [6.45, 7) is 11.0. The van der Waals surface area contributed by atoms with Crippen molar-refractivity contribution in [3.63, 3.8) is 0 Å². The van der Waals surface area contributed by atoms with Gasteiger partial charge in [-0.15, -0.1) is 0 Å². The fourth-order valence-electron chi connectivity index (χ4n) is 3.33. The molecule has 3 rings (SSSR count). The number of para-hydroxylation sites is 1. The van der Waals surface area contributed by atoms with Crippen molar-refractivity contribution in [2.24, 2.45) is 5.92 Å². The van der Waals surface area contributed by atoms with Crippen LogP contribution in [0, 0.1) is 5.92 Å². The average molecular weight is 504 g/mol. The topological polar surface area (TPSA) is 79.5 Å². The molecule has 0 aromatic heterocycles. The van der Waals surface area contributed by atoms with E-state index in [1.54, 1.807) is 42.5 Å². The summed E-state index contributed by atoms with van der Waals surface area (Å²) in [5.41, 5.74) is 3.53. The summed E-state index contributed by atoms with van der Waals surface area (Å²) >= 11 is 5.31. The molecule has 0 unspecified atom stereocenters. The summed E-state index contributed by atoms with van der Waals surface area (Å²) < 4.78 is 5.76. The molecular formula is C29H33N3O3S. The zero-order chi connectivity index (χ0) is 26.3. The van der Waals surface area contributed by atoms with Crippen LogP contribution in [0.4, 0.5) is 11.4 Å². The maximum Gasteiger partial charge on any atom is 0.261 e.